The lowest BCUT2D eigenvalue weighted by Crippen LogP contribution is -2.50. The number of rotatable bonds is 9. The molecule has 1 fully saturated rings. The van der Waals surface area contributed by atoms with E-state index in [0.717, 1.165) is 29.9 Å². The lowest BCUT2D eigenvalue weighted by atomic mass is 9.66. The minimum Gasteiger partial charge on any atom is -0.480 e. The average Bonchev–Trinajstić information content (AvgIpc) is 3.29. The van der Waals surface area contributed by atoms with Crippen molar-refractivity contribution in [2.24, 2.45) is 23.3 Å². The third kappa shape index (κ3) is 7.80. The first-order valence-corrected chi connectivity index (χ1v) is 14.2. The van der Waals surface area contributed by atoms with Crippen molar-refractivity contribution in [3.63, 3.8) is 0 Å². The number of carboxylic acid groups (broad SMARTS) is 1. The monoisotopic (exact) mass is 576 g/mol. The Morgan fingerprint density at radius 1 is 1.05 bits per heavy atom. The first-order chi connectivity index (χ1) is 18.7. The minimum atomic E-state index is -4.72. The zero-order chi connectivity index (χ0) is 31.0. The zero-order valence-electron chi connectivity index (χ0n) is 25.2. The lowest BCUT2D eigenvalue weighted by Gasteiger charge is -2.40. The van der Waals surface area contributed by atoms with Crippen LogP contribution in [-0.4, -0.2) is 27.6 Å². The van der Waals surface area contributed by atoms with E-state index in [-0.39, 0.29) is 34.4 Å². The molecule has 1 aliphatic rings. The van der Waals surface area contributed by atoms with Gasteiger partial charge in [-0.1, -0.05) is 71.7 Å². The number of nitrogens with zero attached hydrogens (tertiary/aromatic N) is 1. The van der Waals surface area contributed by atoms with Crippen molar-refractivity contribution in [2.75, 3.05) is 0 Å². The van der Waals surface area contributed by atoms with Crippen LogP contribution in [0.3, 0.4) is 0 Å². The van der Waals surface area contributed by atoms with E-state index in [1.54, 1.807) is 0 Å². The summed E-state index contributed by atoms with van der Waals surface area (Å²) in [6, 6.07) is 5.55. The number of carbonyl (C=O) groups excluding carboxylic acids is 1. The molecule has 1 atom stereocenters. The molecule has 1 aromatic heterocycles. The Morgan fingerprint density at radius 2 is 1.61 bits per heavy atom. The highest BCUT2D eigenvalue weighted by molar-refractivity contribution is 5.88. The van der Waals surface area contributed by atoms with Crippen LogP contribution >= 0.6 is 0 Å². The largest absolute Gasteiger partial charge is 0.480 e. The van der Waals surface area contributed by atoms with Gasteiger partial charge in [-0.05, 0) is 60.6 Å². The molecule has 41 heavy (non-hydrogen) atoms. The number of hydrogen-bond donors (Lipinski definition) is 2. The normalized spacial score (nSPS) is 16.4. The molecule has 2 aromatic rings. The number of carboxylic acids is 1. The van der Waals surface area contributed by atoms with Crippen molar-refractivity contribution in [2.45, 2.75) is 98.7 Å². The number of amides is 1. The molecular formula is C32H43F3N2O4. The maximum Gasteiger partial charge on any atom is 0.417 e. The van der Waals surface area contributed by atoms with Crippen molar-refractivity contribution in [3.8, 4) is 11.1 Å². The number of hydrogen-bond acceptors (Lipinski definition) is 3. The number of halogens is 3. The third-order valence-corrected chi connectivity index (χ3v) is 8.13. The van der Waals surface area contributed by atoms with Crippen LogP contribution in [0, 0.1) is 23.2 Å². The molecule has 226 valence electrons. The first kappa shape index (κ1) is 32.4. The molecule has 6 nitrogen and oxygen atoms in total. The average molecular weight is 577 g/mol. The van der Waals surface area contributed by atoms with Gasteiger partial charge in [-0.2, -0.15) is 13.2 Å². The Balaban J connectivity index is 1.85. The summed E-state index contributed by atoms with van der Waals surface area (Å²) in [5.41, 5.74) is -2.11. The van der Waals surface area contributed by atoms with E-state index >= 15 is 0 Å². The van der Waals surface area contributed by atoms with Crippen molar-refractivity contribution >= 4 is 11.9 Å². The van der Waals surface area contributed by atoms with Crippen LogP contribution in [0.1, 0.15) is 90.0 Å². The van der Waals surface area contributed by atoms with Gasteiger partial charge in [-0.3, -0.25) is 9.59 Å². The fraction of sp³-hybridized carbons (Fsp3) is 0.594. The van der Waals surface area contributed by atoms with E-state index in [9.17, 15) is 32.7 Å². The van der Waals surface area contributed by atoms with Gasteiger partial charge in [-0.25, -0.2) is 4.79 Å². The highest BCUT2D eigenvalue weighted by Crippen LogP contribution is 2.50. The molecule has 9 heteroatoms. The van der Waals surface area contributed by atoms with Gasteiger partial charge in [0.15, 0.2) is 0 Å². The molecule has 0 aliphatic heterocycles. The van der Waals surface area contributed by atoms with Gasteiger partial charge in [0.2, 0.25) is 5.91 Å². The predicted octanol–water partition coefficient (Wildman–Crippen LogP) is 6.90. The number of aromatic nitrogens is 1. The molecule has 1 aliphatic carbocycles. The molecule has 0 unspecified atom stereocenters. The topological polar surface area (TPSA) is 88.4 Å². The molecule has 3 rings (SSSR count). The predicted molar refractivity (Wildman–Crippen MR) is 153 cm³/mol. The van der Waals surface area contributed by atoms with Crippen LogP contribution in [0.15, 0.2) is 35.1 Å². The smallest absolute Gasteiger partial charge is 0.417 e. The maximum absolute atomic E-state index is 13.8. The van der Waals surface area contributed by atoms with Gasteiger partial charge >= 0.3 is 12.1 Å². The van der Waals surface area contributed by atoms with Crippen molar-refractivity contribution in [1.29, 1.82) is 0 Å². The summed E-state index contributed by atoms with van der Waals surface area (Å²) < 4.78 is 42.5. The lowest BCUT2D eigenvalue weighted by molar-refractivity contribution is -0.144. The summed E-state index contributed by atoms with van der Waals surface area (Å²) in [6.45, 7) is 12.3. The van der Waals surface area contributed by atoms with Crippen molar-refractivity contribution < 1.29 is 27.9 Å². The molecular weight excluding hydrogens is 533 g/mol. The van der Waals surface area contributed by atoms with Crippen LogP contribution in [0.25, 0.3) is 11.1 Å². The van der Waals surface area contributed by atoms with Gasteiger partial charge in [0.05, 0.1) is 11.1 Å². The highest BCUT2D eigenvalue weighted by atomic mass is 19.4. The van der Waals surface area contributed by atoms with Gasteiger partial charge in [-0.15, -0.1) is 0 Å². The van der Waals surface area contributed by atoms with E-state index in [2.05, 4.69) is 39.9 Å². The van der Waals surface area contributed by atoms with Gasteiger partial charge in [0.25, 0.3) is 5.56 Å². The summed E-state index contributed by atoms with van der Waals surface area (Å²) >= 11 is 0. The fourth-order valence-electron chi connectivity index (χ4n) is 6.83. The van der Waals surface area contributed by atoms with E-state index in [4.69, 9.17) is 0 Å². The van der Waals surface area contributed by atoms with Crippen molar-refractivity contribution in [1.82, 2.24) is 9.88 Å². The molecule has 2 N–H and O–H groups in total. The second-order valence-electron chi connectivity index (χ2n) is 13.8. The fourth-order valence-corrected chi connectivity index (χ4v) is 6.83. The molecule has 1 saturated carbocycles. The van der Waals surface area contributed by atoms with Crippen LogP contribution in [0.4, 0.5) is 13.2 Å². The molecule has 1 heterocycles. The Kier molecular flexibility index (Phi) is 9.21. The van der Waals surface area contributed by atoms with Gasteiger partial charge < -0.3 is 15.0 Å². The third-order valence-electron chi connectivity index (χ3n) is 8.13. The van der Waals surface area contributed by atoms with Crippen LogP contribution in [0.5, 0.6) is 0 Å². The second-order valence-corrected chi connectivity index (χ2v) is 13.8. The van der Waals surface area contributed by atoms with E-state index in [1.807, 2.05) is 0 Å². The first-order valence-electron chi connectivity index (χ1n) is 14.2. The van der Waals surface area contributed by atoms with E-state index in [0.29, 0.717) is 24.8 Å². The van der Waals surface area contributed by atoms with Crippen molar-refractivity contribution in [3.05, 3.63) is 57.5 Å². The number of aliphatic carboxylic acids is 1. The molecule has 1 amide bonds. The van der Waals surface area contributed by atoms with E-state index in [1.165, 1.54) is 38.2 Å². The quantitative estimate of drug-likeness (QED) is 0.340. The number of carbonyl (C=O) groups is 2. The summed E-state index contributed by atoms with van der Waals surface area (Å²) in [6.07, 6.45) is 0.0681. The molecule has 0 bridgehead atoms. The van der Waals surface area contributed by atoms with Crippen LogP contribution in [0.2, 0.25) is 0 Å². The number of nitrogens with one attached hydrogen (secondary N) is 1. The standard InChI is InChI=1S/C32H43F3N2O4/c1-20-16-23(32(33,34)35)25(26(38)37(20)7)22-12-10-21(11-13-22)17-24(27(39)40)36-28(41)31(14-8-9-15-31)19-30(5,6)18-29(2,3)4/h10-13,16,24H,8-9,14-15,17-19H2,1-7H3,(H,36,41)(H,39,40)/t24-/m0/s1. The number of alkyl halides is 3. The maximum atomic E-state index is 13.8. The van der Waals surface area contributed by atoms with Gasteiger partial charge in [0.1, 0.15) is 6.04 Å². The zero-order valence-corrected chi connectivity index (χ0v) is 25.2. The SMILES string of the molecule is Cc1cc(C(F)(F)F)c(-c2ccc(C[C@H](NC(=O)C3(CC(C)(C)CC(C)(C)C)CCCC3)C(=O)O)cc2)c(=O)n1C. The molecule has 0 saturated heterocycles. The van der Waals surface area contributed by atoms with Crippen LogP contribution < -0.4 is 10.9 Å². The van der Waals surface area contributed by atoms with Gasteiger partial charge in [0, 0.05) is 24.6 Å². The number of benzene rings is 1. The number of pyridine rings is 1. The Bertz CT molecular complexity index is 1330. The minimum absolute atomic E-state index is 0.0408. The Hall–Kier alpha value is -3.10. The number of aryl methyl sites for hydroxylation is 1. The summed E-state index contributed by atoms with van der Waals surface area (Å²) in [7, 11) is 1.41. The summed E-state index contributed by atoms with van der Waals surface area (Å²) in [4.78, 5) is 38.7. The van der Waals surface area contributed by atoms with Crippen LogP contribution in [-0.2, 0) is 29.2 Å². The second kappa shape index (κ2) is 11.6. The highest BCUT2D eigenvalue weighted by Gasteiger charge is 2.46. The molecule has 1 aromatic carbocycles. The Labute approximate surface area is 240 Å². The Morgan fingerprint density at radius 3 is 2.10 bits per heavy atom. The summed E-state index contributed by atoms with van der Waals surface area (Å²) in [5, 5.41) is 12.8. The van der Waals surface area contributed by atoms with E-state index < -0.39 is 40.3 Å². The molecule has 0 spiro atoms. The summed E-state index contributed by atoms with van der Waals surface area (Å²) in [5.74, 6) is -1.43. The molecule has 0 radical (unpaired) electrons.